The van der Waals surface area contributed by atoms with Crippen molar-refractivity contribution in [3.63, 3.8) is 0 Å². The molecule has 1 rings (SSSR count). The summed E-state index contributed by atoms with van der Waals surface area (Å²) in [4.78, 5) is 35.6. The zero-order valence-corrected chi connectivity index (χ0v) is 37.6. The molecule has 0 aromatic heterocycles. The molecule has 6 N–H and O–H groups in total. The first kappa shape index (κ1) is 56.0. The maximum absolute atomic E-state index is 12.8. The van der Waals surface area contributed by atoms with E-state index in [1.54, 1.807) is 0 Å². The molecule has 1 aliphatic rings. The lowest BCUT2D eigenvalue weighted by Crippen LogP contribution is -2.64. The van der Waals surface area contributed by atoms with Gasteiger partial charge in [-0.25, -0.2) is 4.57 Å². The van der Waals surface area contributed by atoms with Crippen molar-refractivity contribution in [1.29, 1.82) is 0 Å². The molecular weight excluding hydrogens is 803 g/mol. The van der Waals surface area contributed by atoms with E-state index in [2.05, 4.69) is 80.7 Å². The summed E-state index contributed by atoms with van der Waals surface area (Å²) in [6, 6.07) is 0. The second kappa shape index (κ2) is 36.5. The van der Waals surface area contributed by atoms with Gasteiger partial charge in [-0.1, -0.05) is 137 Å². The summed E-state index contributed by atoms with van der Waals surface area (Å²) in [6.07, 6.45) is 33.7. The van der Waals surface area contributed by atoms with Gasteiger partial charge >= 0.3 is 19.8 Å². The monoisotopic (exact) mass is 881 g/mol. The number of aliphatic hydroxyl groups is 5. The maximum atomic E-state index is 12.8. The number of esters is 2. The number of ether oxygens (including phenoxy) is 2. The Labute approximate surface area is 365 Å². The highest BCUT2D eigenvalue weighted by molar-refractivity contribution is 7.47. The summed E-state index contributed by atoms with van der Waals surface area (Å²) in [5.74, 6) is -1.22. The van der Waals surface area contributed by atoms with Gasteiger partial charge in [0, 0.05) is 12.8 Å². The van der Waals surface area contributed by atoms with E-state index in [4.69, 9.17) is 18.5 Å². The lowest BCUT2D eigenvalue weighted by atomic mass is 9.85. The van der Waals surface area contributed by atoms with Crippen molar-refractivity contribution in [2.45, 2.75) is 185 Å². The van der Waals surface area contributed by atoms with E-state index >= 15 is 0 Å². The molecule has 0 bridgehead atoms. The second-order valence-corrected chi connectivity index (χ2v) is 16.6. The molecule has 0 heterocycles. The molecule has 6 atom stereocenters. The number of carbonyl (C=O) groups excluding carboxylic acids is 2. The largest absolute Gasteiger partial charge is 0.472 e. The van der Waals surface area contributed by atoms with Crippen LogP contribution in [0.3, 0.4) is 0 Å². The highest BCUT2D eigenvalue weighted by Crippen LogP contribution is 2.47. The Kier molecular flexibility index (Phi) is 33.5. The van der Waals surface area contributed by atoms with Gasteiger partial charge in [0.15, 0.2) is 6.10 Å². The van der Waals surface area contributed by atoms with Crippen LogP contribution in [-0.4, -0.2) is 98.3 Å². The van der Waals surface area contributed by atoms with Crippen LogP contribution in [0.1, 0.15) is 142 Å². The van der Waals surface area contributed by atoms with Crippen LogP contribution in [0.4, 0.5) is 0 Å². The molecule has 13 nitrogen and oxygen atoms in total. The predicted molar refractivity (Wildman–Crippen MR) is 239 cm³/mol. The van der Waals surface area contributed by atoms with E-state index in [0.29, 0.717) is 19.3 Å². The highest BCUT2D eigenvalue weighted by atomic mass is 31.2. The highest BCUT2D eigenvalue weighted by Gasteiger charge is 2.51. The summed E-state index contributed by atoms with van der Waals surface area (Å²) in [5, 5.41) is 50.1. The fourth-order valence-corrected chi connectivity index (χ4v) is 7.10. The van der Waals surface area contributed by atoms with Crippen LogP contribution in [0, 0.1) is 0 Å². The van der Waals surface area contributed by atoms with Crippen molar-refractivity contribution < 1.29 is 63.1 Å². The van der Waals surface area contributed by atoms with Crippen LogP contribution < -0.4 is 0 Å². The molecule has 14 heteroatoms. The Balaban J connectivity index is 2.51. The standard InChI is InChI=1S/C47H77O13P/c1-3-5-7-9-11-13-15-17-18-19-20-21-22-24-25-27-29-31-33-35-40(48)57-37-39(38-58-61(55,56)60-47-45(53)43(51)42(50)44(52)46(47)54)59-41(49)36-34-32-30-28-26-23-16-14-12-10-8-6-4-2/h6,8,11-14,17-18,20-21,23,26,30,32,39,42-47,50-54H,3-5,7,9-10,15-16,19,22,24-25,27-29,31,33-38H2,1-2H3,(H,55,56)/b8-6-,13-11-,14-12-,18-17-,21-20-,26-23-,32-30-. The number of allylic oxidation sites excluding steroid dienone is 14. The van der Waals surface area contributed by atoms with Crippen LogP contribution in [0.2, 0.25) is 0 Å². The molecular formula is C47H77O13P. The third kappa shape index (κ3) is 29.1. The van der Waals surface area contributed by atoms with E-state index in [1.807, 2.05) is 18.2 Å². The molecule has 0 radical (unpaired) electrons. The molecule has 348 valence electrons. The van der Waals surface area contributed by atoms with Gasteiger partial charge in [-0.3, -0.25) is 18.6 Å². The summed E-state index contributed by atoms with van der Waals surface area (Å²) in [7, 11) is -5.14. The third-order valence-corrected chi connectivity index (χ3v) is 10.7. The molecule has 0 aromatic rings. The van der Waals surface area contributed by atoms with Gasteiger partial charge in [0.1, 0.15) is 43.2 Å². The number of carbonyl (C=O) groups is 2. The maximum Gasteiger partial charge on any atom is 0.472 e. The second-order valence-electron chi connectivity index (χ2n) is 15.2. The molecule has 0 saturated heterocycles. The first-order chi connectivity index (χ1) is 29.4. The third-order valence-electron chi connectivity index (χ3n) is 9.73. The predicted octanol–water partition coefficient (Wildman–Crippen LogP) is 8.50. The van der Waals surface area contributed by atoms with Crippen LogP contribution >= 0.6 is 7.82 Å². The molecule has 0 amide bonds. The Hall–Kier alpha value is -2.97. The molecule has 1 fully saturated rings. The summed E-state index contributed by atoms with van der Waals surface area (Å²) >= 11 is 0. The Morgan fingerprint density at radius 2 is 0.967 bits per heavy atom. The number of rotatable bonds is 35. The molecule has 61 heavy (non-hydrogen) atoms. The number of hydrogen-bond acceptors (Lipinski definition) is 12. The first-order valence-electron chi connectivity index (χ1n) is 22.4. The SMILES string of the molecule is CC/C=C\C/C=C\C/C=C\C/C=C\CCC(=O)OC(COC(=O)CCCCCCCC/C=C\C/C=C\C/C=C\CCCCC)COP(=O)(O)OC1C(O)C(O)C(O)C(O)C1O. The molecule has 1 aliphatic carbocycles. The molecule has 0 spiro atoms. The van der Waals surface area contributed by atoms with Crippen LogP contribution in [-0.2, 0) is 32.7 Å². The zero-order valence-electron chi connectivity index (χ0n) is 36.7. The molecule has 6 unspecified atom stereocenters. The average molecular weight is 881 g/mol. The van der Waals surface area contributed by atoms with E-state index in [1.165, 1.54) is 19.3 Å². The average Bonchev–Trinajstić information content (AvgIpc) is 3.24. The van der Waals surface area contributed by atoms with Crippen LogP contribution in [0.5, 0.6) is 0 Å². The lowest BCUT2D eigenvalue weighted by molar-refractivity contribution is -0.220. The van der Waals surface area contributed by atoms with Gasteiger partial charge in [0.2, 0.25) is 0 Å². The Morgan fingerprint density at radius 1 is 0.525 bits per heavy atom. The first-order valence-corrected chi connectivity index (χ1v) is 23.9. The summed E-state index contributed by atoms with van der Waals surface area (Å²) < 4.78 is 33.4. The Bertz CT molecular complexity index is 1390. The van der Waals surface area contributed by atoms with Crippen molar-refractivity contribution in [3.05, 3.63) is 85.1 Å². The lowest BCUT2D eigenvalue weighted by Gasteiger charge is -2.41. The zero-order chi connectivity index (χ0) is 45.0. The van der Waals surface area contributed by atoms with Crippen LogP contribution in [0.15, 0.2) is 85.1 Å². The number of unbranched alkanes of at least 4 members (excludes halogenated alkanes) is 9. The molecule has 1 saturated carbocycles. The van der Waals surface area contributed by atoms with Crippen LogP contribution in [0.25, 0.3) is 0 Å². The number of phosphoric ester groups is 1. The minimum Gasteiger partial charge on any atom is -0.462 e. The van der Waals surface area contributed by atoms with Crippen molar-refractivity contribution in [2.24, 2.45) is 0 Å². The smallest absolute Gasteiger partial charge is 0.462 e. The van der Waals surface area contributed by atoms with Gasteiger partial charge < -0.3 is 39.9 Å². The van der Waals surface area contributed by atoms with Gasteiger partial charge in [-0.15, -0.1) is 0 Å². The molecule has 0 aromatic carbocycles. The van der Waals surface area contributed by atoms with Crippen molar-refractivity contribution in [2.75, 3.05) is 13.2 Å². The Morgan fingerprint density at radius 3 is 1.49 bits per heavy atom. The fraction of sp³-hybridized carbons (Fsp3) is 0.660. The van der Waals surface area contributed by atoms with Gasteiger partial charge in [-0.2, -0.15) is 0 Å². The van der Waals surface area contributed by atoms with E-state index < -0.39 is 75.7 Å². The van der Waals surface area contributed by atoms with Gasteiger partial charge in [0.25, 0.3) is 0 Å². The van der Waals surface area contributed by atoms with Crippen molar-refractivity contribution in [3.8, 4) is 0 Å². The quantitative estimate of drug-likeness (QED) is 0.0153. The number of aliphatic hydroxyl groups excluding tert-OH is 5. The van der Waals surface area contributed by atoms with Gasteiger partial charge in [-0.05, 0) is 77.0 Å². The normalized spacial score (nSPS) is 22.8. The topological polar surface area (TPSA) is 210 Å². The minimum absolute atomic E-state index is 0.0322. The number of phosphoric acid groups is 1. The van der Waals surface area contributed by atoms with Gasteiger partial charge in [0.05, 0.1) is 6.61 Å². The van der Waals surface area contributed by atoms with Crippen molar-refractivity contribution >= 4 is 19.8 Å². The summed E-state index contributed by atoms with van der Waals surface area (Å²) in [6.45, 7) is 3.06. The number of hydrogen-bond donors (Lipinski definition) is 6. The molecule has 0 aliphatic heterocycles. The summed E-state index contributed by atoms with van der Waals surface area (Å²) in [5.41, 5.74) is 0. The van der Waals surface area contributed by atoms with E-state index in [0.717, 1.165) is 77.0 Å². The fourth-order valence-electron chi connectivity index (χ4n) is 6.13. The van der Waals surface area contributed by atoms with E-state index in [-0.39, 0.29) is 12.8 Å². The minimum atomic E-state index is -5.14. The van der Waals surface area contributed by atoms with E-state index in [9.17, 15) is 44.6 Å². The van der Waals surface area contributed by atoms with Crippen molar-refractivity contribution in [1.82, 2.24) is 0 Å².